The summed E-state index contributed by atoms with van der Waals surface area (Å²) >= 11 is 1.22. The highest BCUT2D eigenvalue weighted by atomic mass is 32.1. The van der Waals surface area contributed by atoms with Crippen LogP contribution in [0.25, 0.3) is 0 Å². The maximum Gasteiger partial charge on any atom is 0.338 e. The first-order chi connectivity index (χ1) is 13.0. The van der Waals surface area contributed by atoms with Crippen molar-refractivity contribution in [2.24, 2.45) is 0 Å². The van der Waals surface area contributed by atoms with E-state index >= 15 is 0 Å². The zero-order chi connectivity index (χ0) is 19.4. The molecule has 2 amide bonds. The minimum absolute atomic E-state index is 0.0255. The predicted molar refractivity (Wildman–Crippen MR) is 101 cm³/mol. The first kappa shape index (κ1) is 18.6. The van der Waals surface area contributed by atoms with Gasteiger partial charge in [-0.3, -0.25) is 9.59 Å². The topological polar surface area (TPSA) is 99.5 Å². The summed E-state index contributed by atoms with van der Waals surface area (Å²) in [4.78, 5) is 38.1. The number of anilines is 2. The Morgan fingerprint density at radius 3 is 2.89 bits per heavy atom. The van der Waals surface area contributed by atoms with Gasteiger partial charge in [-0.2, -0.15) is 5.26 Å². The molecule has 0 radical (unpaired) electrons. The maximum atomic E-state index is 12.4. The fraction of sp³-hybridized carbons (Fsp3) is 0.263. The molecule has 0 unspecified atom stereocenters. The van der Waals surface area contributed by atoms with E-state index < -0.39 is 18.0 Å². The third-order valence-electron chi connectivity index (χ3n) is 4.14. The summed E-state index contributed by atoms with van der Waals surface area (Å²) in [7, 11) is 0. The lowest BCUT2D eigenvalue weighted by molar-refractivity contribution is -0.123. The van der Waals surface area contributed by atoms with E-state index in [-0.39, 0.29) is 11.5 Å². The smallest absolute Gasteiger partial charge is 0.338 e. The molecule has 1 aliphatic rings. The molecule has 2 aromatic rings. The van der Waals surface area contributed by atoms with Crippen molar-refractivity contribution in [2.75, 3.05) is 16.8 Å². The van der Waals surface area contributed by atoms with Crippen LogP contribution in [-0.2, 0) is 14.3 Å². The molecule has 3 rings (SSSR count). The van der Waals surface area contributed by atoms with Gasteiger partial charge >= 0.3 is 5.97 Å². The van der Waals surface area contributed by atoms with Crippen molar-refractivity contribution in [1.82, 2.24) is 0 Å². The summed E-state index contributed by atoms with van der Waals surface area (Å²) in [5.74, 6) is -1.15. The summed E-state index contributed by atoms with van der Waals surface area (Å²) < 4.78 is 5.23. The lowest BCUT2D eigenvalue weighted by Crippen LogP contribution is -2.30. The minimum atomic E-state index is -1.04. The van der Waals surface area contributed by atoms with E-state index in [0.29, 0.717) is 29.2 Å². The molecule has 0 spiro atoms. The van der Waals surface area contributed by atoms with Gasteiger partial charge in [0.1, 0.15) is 11.1 Å². The van der Waals surface area contributed by atoms with Crippen LogP contribution in [0, 0.1) is 11.3 Å². The van der Waals surface area contributed by atoms with Crippen molar-refractivity contribution in [2.45, 2.75) is 25.9 Å². The standard InChI is InChI=1S/C19H17N3O4S/c1-12(17(24)21-18-14(11-20)7-9-27-18)26-19(25)13-4-2-5-15(10-13)22-8-3-6-16(22)23/h2,4-5,7,9-10,12H,3,6,8H2,1H3,(H,21,24)/t12-/m0/s1. The Labute approximate surface area is 160 Å². The van der Waals surface area contributed by atoms with Gasteiger partial charge in [0.05, 0.1) is 11.1 Å². The predicted octanol–water partition coefficient (Wildman–Crippen LogP) is 2.93. The van der Waals surface area contributed by atoms with Crippen LogP contribution < -0.4 is 10.2 Å². The van der Waals surface area contributed by atoms with E-state index in [0.717, 1.165) is 6.42 Å². The molecule has 0 aliphatic carbocycles. The second kappa shape index (κ2) is 8.01. The van der Waals surface area contributed by atoms with Crippen molar-refractivity contribution in [3.8, 4) is 6.07 Å². The second-order valence-corrected chi connectivity index (χ2v) is 6.93. The molecule has 8 heteroatoms. The number of nitrogens with zero attached hydrogens (tertiary/aromatic N) is 2. The fourth-order valence-corrected chi connectivity index (χ4v) is 3.45. The lowest BCUT2D eigenvalue weighted by Gasteiger charge is -2.17. The molecule has 1 aromatic heterocycles. The number of nitriles is 1. The van der Waals surface area contributed by atoms with Gasteiger partial charge in [-0.25, -0.2) is 4.79 Å². The normalized spacial score (nSPS) is 14.5. The number of ether oxygens (including phenoxy) is 1. The van der Waals surface area contributed by atoms with Crippen molar-refractivity contribution >= 4 is 39.8 Å². The number of benzene rings is 1. The first-order valence-electron chi connectivity index (χ1n) is 8.39. The largest absolute Gasteiger partial charge is 0.449 e. The highest BCUT2D eigenvalue weighted by Crippen LogP contribution is 2.24. The Bertz CT molecular complexity index is 931. The van der Waals surface area contributed by atoms with Crippen LogP contribution in [0.2, 0.25) is 0 Å². The van der Waals surface area contributed by atoms with Gasteiger partial charge in [0.25, 0.3) is 5.91 Å². The quantitative estimate of drug-likeness (QED) is 0.800. The Kier molecular flexibility index (Phi) is 5.52. The van der Waals surface area contributed by atoms with Gasteiger partial charge in [0.2, 0.25) is 5.91 Å². The van der Waals surface area contributed by atoms with Gasteiger partial charge in [-0.15, -0.1) is 11.3 Å². The van der Waals surface area contributed by atoms with Crippen LogP contribution in [0.15, 0.2) is 35.7 Å². The SMILES string of the molecule is C[C@H](OC(=O)c1cccc(N2CCCC2=O)c1)C(=O)Nc1sccc1C#N. The molecule has 27 heavy (non-hydrogen) atoms. The number of thiophene rings is 1. The lowest BCUT2D eigenvalue weighted by atomic mass is 10.2. The third kappa shape index (κ3) is 4.15. The monoisotopic (exact) mass is 383 g/mol. The average Bonchev–Trinajstić information content (AvgIpc) is 3.30. The molecule has 1 aromatic carbocycles. The van der Waals surface area contributed by atoms with Crippen LogP contribution in [0.4, 0.5) is 10.7 Å². The molecule has 138 valence electrons. The maximum absolute atomic E-state index is 12.4. The summed E-state index contributed by atoms with van der Waals surface area (Å²) in [6.45, 7) is 2.08. The van der Waals surface area contributed by atoms with E-state index in [2.05, 4.69) is 5.32 Å². The Balaban J connectivity index is 1.65. The first-order valence-corrected chi connectivity index (χ1v) is 9.27. The Hall–Kier alpha value is -3.18. The van der Waals surface area contributed by atoms with Gasteiger partial charge in [0, 0.05) is 18.7 Å². The Morgan fingerprint density at radius 2 is 2.19 bits per heavy atom. The van der Waals surface area contributed by atoms with Crippen molar-refractivity contribution in [3.05, 3.63) is 46.8 Å². The zero-order valence-corrected chi connectivity index (χ0v) is 15.4. The zero-order valence-electron chi connectivity index (χ0n) is 14.6. The summed E-state index contributed by atoms with van der Waals surface area (Å²) in [6.07, 6.45) is 0.250. The van der Waals surface area contributed by atoms with Crippen LogP contribution in [-0.4, -0.2) is 30.4 Å². The molecule has 1 fully saturated rings. The minimum Gasteiger partial charge on any atom is -0.449 e. The number of esters is 1. The fourth-order valence-electron chi connectivity index (χ4n) is 2.71. The number of hydrogen-bond acceptors (Lipinski definition) is 6. The van der Waals surface area contributed by atoms with Gasteiger partial charge in [0.15, 0.2) is 6.10 Å². The third-order valence-corrected chi connectivity index (χ3v) is 4.97. The molecule has 7 nitrogen and oxygen atoms in total. The van der Waals surface area contributed by atoms with E-state index in [1.807, 2.05) is 6.07 Å². The molecule has 2 heterocycles. The highest BCUT2D eigenvalue weighted by molar-refractivity contribution is 7.14. The van der Waals surface area contributed by atoms with Crippen molar-refractivity contribution < 1.29 is 19.1 Å². The number of carbonyl (C=O) groups excluding carboxylic acids is 3. The molecule has 1 N–H and O–H groups in total. The van der Waals surface area contributed by atoms with Gasteiger partial charge in [-0.05, 0) is 43.0 Å². The number of hydrogen-bond donors (Lipinski definition) is 1. The van der Waals surface area contributed by atoms with E-state index in [9.17, 15) is 14.4 Å². The van der Waals surface area contributed by atoms with Gasteiger partial charge < -0.3 is 15.0 Å². The summed E-state index contributed by atoms with van der Waals surface area (Å²) in [5.41, 5.74) is 1.26. The second-order valence-electron chi connectivity index (χ2n) is 6.01. The van der Waals surface area contributed by atoms with E-state index in [4.69, 9.17) is 10.00 Å². The Morgan fingerprint density at radius 1 is 1.37 bits per heavy atom. The molecule has 0 saturated carbocycles. The number of amides is 2. The average molecular weight is 383 g/mol. The molecule has 1 saturated heterocycles. The van der Waals surface area contributed by atoms with E-state index in [1.54, 1.807) is 40.6 Å². The molecule has 0 bridgehead atoms. The van der Waals surface area contributed by atoms with Crippen molar-refractivity contribution in [1.29, 1.82) is 5.26 Å². The molecule has 1 aliphatic heterocycles. The van der Waals surface area contributed by atoms with Crippen LogP contribution in [0.5, 0.6) is 0 Å². The molecular weight excluding hydrogens is 366 g/mol. The number of rotatable bonds is 5. The summed E-state index contributed by atoms with van der Waals surface area (Å²) in [6, 6.07) is 10.2. The van der Waals surface area contributed by atoms with Crippen LogP contribution in [0.3, 0.4) is 0 Å². The van der Waals surface area contributed by atoms with Crippen LogP contribution in [0.1, 0.15) is 35.7 Å². The van der Waals surface area contributed by atoms with Crippen molar-refractivity contribution in [3.63, 3.8) is 0 Å². The van der Waals surface area contributed by atoms with Crippen LogP contribution >= 0.6 is 11.3 Å². The number of carbonyl (C=O) groups is 3. The summed E-state index contributed by atoms with van der Waals surface area (Å²) in [5, 5.41) is 13.7. The number of nitrogens with one attached hydrogen (secondary N) is 1. The molecule has 1 atom stereocenters. The van der Waals surface area contributed by atoms with Gasteiger partial charge in [-0.1, -0.05) is 6.07 Å². The highest BCUT2D eigenvalue weighted by Gasteiger charge is 2.24. The van der Waals surface area contributed by atoms with E-state index in [1.165, 1.54) is 18.3 Å². The molecular formula is C19H17N3O4S.